The fraction of sp³-hybridized carbons (Fsp3) is 0.222. The summed E-state index contributed by atoms with van der Waals surface area (Å²) in [6.07, 6.45) is -0.785. The molecule has 2 aromatic rings. The van der Waals surface area contributed by atoms with Gasteiger partial charge in [0.05, 0.1) is 25.5 Å². The van der Waals surface area contributed by atoms with E-state index in [0.29, 0.717) is 17.2 Å². The average Bonchev–Trinajstić information content (AvgIpc) is 2.61. The molecule has 24 heavy (non-hydrogen) atoms. The molecule has 0 bridgehead atoms. The lowest BCUT2D eigenvalue weighted by Crippen LogP contribution is -2.30. The molecule has 2 rings (SSSR count). The number of carbonyl (C=O) groups is 2. The second-order valence-electron chi connectivity index (χ2n) is 4.94. The van der Waals surface area contributed by atoms with Crippen LogP contribution >= 0.6 is 0 Å². The smallest absolute Gasteiger partial charge is 0.339 e. The van der Waals surface area contributed by atoms with Gasteiger partial charge in [-0.05, 0) is 31.2 Å². The maximum Gasteiger partial charge on any atom is 0.339 e. The number of hydrogen-bond donors (Lipinski definition) is 1. The fourth-order valence-corrected chi connectivity index (χ4v) is 2.07. The summed E-state index contributed by atoms with van der Waals surface area (Å²) in [6.45, 7) is 1.61. The topological polar surface area (TPSA) is 73.9 Å². The van der Waals surface area contributed by atoms with Crippen molar-refractivity contribution in [3.8, 4) is 11.5 Å². The number of hydrogen-bond acceptors (Lipinski definition) is 5. The molecule has 0 radical (unpaired) electrons. The van der Waals surface area contributed by atoms with Crippen LogP contribution in [0.5, 0.6) is 11.5 Å². The Hall–Kier alpha value is -3.02. The first-order valence-corrected chi connectivity index (χ1v) is 7.34. The van der Waals surface area contributed by atoms with E-state index in [4.69, 9.17) is 14.2 Å². The van der Waals surface area contributed by atoms with Gasteiger partial charge in [0.2, 0.25) is 0 Å². The zero-order valence-corrected chi connectivity index (χ0v) is 13.7. The molecule has 0 fully saturated rings. The summed E-state index contributed by atoms with van der Waals surface area (Å²) in [5.74, 6) is 0.0810. The number of rotatable bonds is 6. The number of benzene rings is 2. The molecule has 1 amide bonds. The van der Waals surface area contributed by atoms with Gasteiger partial charge in [0.25, 0.3) is 5.91 Å². The molecule has 2 aromatic carbocycles. The molecule has 1 N–H and O–H groups in total. The third kappa shape index (κ3) is 4.04. The van der Waals surface area contributed by atoms with Gasteiger partial charge >= 0.3 is 5.97 Å². The Balaban J connectivity index is 2.11. The first-order valence-electron chi connectivity index (χ1n) is 7.34. The number of para-hydroxylation sites is 3. The minimum atomic E-state index is -0.785. The van der Waals surface area contributed by atoms with Gasteiger partial charge in [-0.1, -0.05) is 24.3 Å². The Morgan fingerprint density at radius 3 is 2.25 bits per heavy atom. The van der Waals surface area contributed by atoms with E-state index in [1.54, 1.807) is 49.4 Å². The van der Waals surface area contributed by atoms with Crippen LogP contribution in [0.2, 0.25) is 0 Å². The van der Waals surface area contributed by atoms with Crippen LogP contribution in [-0.4, -0.2) is 32.2 Å². The third-order valence-electron chi connectivity index (χ3n) is 3.33. The highest BCUT2D eigenvalue weighted by Crippen LogP contribution is 2.27. The first kappa shape index (κ1) is 17.3. The molecule has 126 valence electrons. The molecule has 0 aliphatic carbocycles. The number of anilines is 1. The van der Waals surface area contributed by atoms with Crippen LogP contribution in [0, 0.1) is 0 Å². The molecular weight excluding hydrogens is 310 g/mol. The Morgan fingerprint density at radius 2 is 1.58 bits per heavy atom. The maximum atomic E-state index is 12.4. The molecule has 6 nitrogen and oxygen atoms in total. The average molecular weight is 329 g/mol. The second kappa shape index (κ2) is 8.01. The van der Waals surface area contributed by atoms with Crippen LogP contribution in [0.15, 0.2) is 48.5 Å². The summed E-state index contributed by atoms with van der Waals surface area (Å²) in [4.78, 5) is 24.1. The molecule has 0 spiro atoms. The van der Waals surface area contributed by atoms with Gasteiger partial charge in [-0.2, -0.15) is 0 Å². The largest absolute Gasteiger partial charge is 0.493 e. The Labute approximate surface area is 140 Å². The Bertz CT molecular complexity index is 729. The van der Waals surface area contributed by atoms with Gasteiger partial charge in [-0.3, -0.25) is 4.79 Å². The molecule has 0 aliphatic rings. The van der Waals surface area contributed by atoms with Gasteiger partial charge in [-0.25, -0.2) is 4.79 Å². The standard InChI is InChI=1S/C18H19NO5/c1-12(24-16-11-7-6-10-15(16)22-2)17(20)19-14-9-5-4-8-13(14)18(21)23-3/h4-12H,1-3H3,(H,19,20)/t12-/m0/s1. The van der Waals surface area contributed by atoms with Crippen molar-refractivity contribution >= 4 is 17.6 Å². The van der Waals surface area contributed by atoms with E-state index in [9.17, 15) is 9.59 Å². The maximum absolute atomic E-state index is 12.4. The van der Waals surface area contributed by atoms with Crippen molar-refractivity contribution in [3.63, 3.8) is 0 Å². The molecule has 0 unspecified atom stereocenters. The number of methoxy groups -OCH3 is 2. The summed E-state index contributed by atoms with van der Waals surface area (Å²) in [6, 6.07) is 13.7. The van der Waals surface area contributed by atoms with Crippen LogP contribution in [0.4, 0.5) is 5.69 Å². The van der Waals surface area contributed by atoms with E-state index in [2.05, 4.69) is 5.32 Å². The predicted molar refractivity (Wildman–Crippen MR) is 89.5 cm³/mol. The van der Waals surface area contributed by atoms with Crippen molar-refractivity contribution in [2.75, 3.05) is 19.5 Å². The van der Waals surface area contributed by atoms with Crippen LogP contribution in [0.25, 0.3) is 0 Å². The molecule has 0 saturated heterocycles. The van der Waals surface area contributed by atoms with Crippen LogP contribution in [0.1, 0.15) is 17.3 Å². The molecule has 6 heteroatoms. The van der Waals surface area contributed by atoms with Crippen LogP contribution < -0.4 is 14.8 Å². The van der Waals surface area contributed by atoms with E-state index in [1.807, 2.05) is 6.07 Å². The van der Waals surface area contributed by atoms with E-state index in [0.717, 1.165) is 0 Å². The number of amides is 1. The lowest BCUT2D eigenvalue weighted by molar-refractivity contribution is -0.122. The second-order valence-corrected chi connectivity index (χ2v) is 4.94. The third-order valence-corrected chi connectivity index (χ3v) is 3.33. The summed E-state index contributed by atoms with van der Waals surface area (Å²) in [5.41, 5.74) is 0.641. The van der Waals surface area contributed by atoms with Gasteiger partial charge < -0.3 is 19.5 Å². The molecule has 0 saturated carbocycles. The van der Waals surface area contributed by atoms with Gasteiger partial charge in [0.15, 0.2) is 17.6 Å². The fourth-order valence-electron chi connectivity index (χ4n) is 2.07. The van der Waals surface area contributed by atoms with Gasteiger partial charge in [0, 0.05) is 0 Å². The van der Waals surface area contributed by atoms with Crippen LogP contribution in [-0.2, 0) is 9.53 Å². The lowest BCUT2D eigenvalue weighted by atomic mass is 10.1. The van der Waals surface area contributed by atoms with Crippen molar-refractivity contribution in [2.24, 2.45) is 0 Å². The van der Waals surface area contributed by atoms with Gasteiger partial charge in [-0.15, -0.1) is 0 Å². The molecular formula is C18H19NO5. The molecule has 1 atom stereocenters. The highest BCUT2D eigenvalue weighted by atomic mass is 16.5. The highest BCUT2D eigenvalue weighted by Gasteiger charge is 2.19. The predicted octanol–water partition coefficient (Wildman–Crippen LogP) is 2.89. The van der Waals surface area contributed by atoms with Crippen molar-refractivity contribution in [3.05, 3.63) is 54.1 Å². The Kier molecular flexibility index (Phi) is 5.78. The minimum absolute atomic E-state index is 0.276. The van der Waals surface area contributed by atoms with Crippen molar-refractivity contribution in [2.45, 2.75) is 13.0 Å². The number of ether oxygens (including phenoxy) is 3. The summed E-state index contributed by atoms with van der Waals surface area (Å²) in [5, 5.41) is 2.68. The van der Waals surface area contributed by atoms with Crippen LogP contribution in [0.3, 0.4) is 0 Å². The normalized spacial score (nSPS) is 11.3. The summed E-state index contributed by atoms with van der Waals surface area (Å²) < 4.78 is 15.5. The zero-order chi connectivity index (χ0) is 17.5. The summed E-state index contributed by atoms with van der Waals surface area (Å²) in [7, 11) is 2.81. The quantitative estimate of drug-likeness (QED) is 0.825. The highest BCUT2D eigenvalue weighted by molar-refractivity contribution is 6.02. The van der Waals surface area contributed by atoms with Gasteiger partial charge in [0.1, 0.15) is 0 Å². The van der Waals surface area contributed by atoms with E-state index in [1.165, 1.54) is 14.2 Å². The molecule has 0 aliphatic heterocycles. The monoisotopic (exact) mass is 329 g/mol. The minimum Gasteiger partial charge on any atom is -0.493 e. The molecule has 0 heterocycles. The van der Waals surface area contributed by atoms with Crippen molar-refractivity contribution in [1.82, 2.24) is 0 Å². The van der Waals surface area contributed by atoms with E-state index >= 15 is 0 Å². The number of nitrogens with one attached hydrogen (secondary N) is 1. The van der Waals surface area contributed by atoms with E-state index in [-0.39, 0.29) is 5.56 Å². The lowest BCUT2D eigenvalue weighted by Gasteiger charge is -2.17. The first-order chi connectivity index (χ1) is 11.6. The SMILES string of the molecule is COC(=O)c1ccccc1NC(=O)[C@H](C)Oc1ccccc1OC. The zero-order valence-electron chi connectivity index (χ0n) is 13.7. The van der Waals surface area contributed by atoms with Crippen molar-refractivity contribution in [1.29, 1.82) is 0 Å². The Morgan fingerprint density at radius 1 is 0.958 bits per heavy atom. The summed E-state index contributed by atoms with van der Waals surface area (Å²) >= 11 is 0. The number of esters is 1. The van der Waals surface area contributed by atoms with E-state index < -0.39 is 18.0 Å². The van der Waals surface area contributed by atoms with Crippen molar-refractivity contribution < 1.29 is 23.8 Å². The number of carbonyl (C=O) groups excluding carboxylic acids is 2. The molecule has 0 aromatic heterocycles.